The van der Waals surface area contributed by atoms with E-state index in [1.807, 2.05) is 12.2 Å². The van der Waals surface area contributed by atoms with Crippen molar-refractivity contribution in [3.05, 3.63) is 12.2 Å². The van der Waals surface area contributed by atoms with Gasteiger partial charge in [0.1, 0.15) is 5.78 Å². The number of hydrogen-bond donors (Lipinski definition) is 4. The van der Waals surface area contributed by atoms with Crippen LogP contribution in [0.15, 0.2) is 12.2 Å². The van der Waals surface area contributed by atoms with Crippen molar-refractivity contribution >= 4 is 11.8 Å². The number of carbonyl (C=O) groups excluding carboxylic acids is 1. The Labute approximate surface area is 132 Å². The van der Waals surface area contributed by atoms with Gasteiger partial charge in [0.25, 0.3) is 0 Å². The van der Waals surface area contributed by atoms with Crippen molar-refractivity contribution in [2.75, 3.05) is 6.61 Å². The van der Waals surface area contributed by atoms with E-state index in [1.165, 1.54) is 0 Å². The summed E-state index contributed by atoms with van der Waals surface area (Å²) in [4.78, 5) is 21.7. The maximum absolute atomic E-state index is 10.9. The van der Waals surface area contributed by atoms with Gasteiger partial charge in [-0.3, -0.25) is 4.79 Å². The molecular formula is C16H29NO5. The predicted octanol–water partition coefficient (Wildman–Crippen LogP) is 1.39. The molecule has 0 radical (unpaired) electrons. The Hall–Kier alpha value is -1.24. The standard InChI is InChI=1S/C16H29NO5/c1-13(19)10-8-6-4-2-3-5-7-9-11-14(20)16(17,12-18)15(21)22/h5,7,14,18,20H,2-4,6,8-12,17H2,1H3,(H,21,22)/b7-5+/t14-,16?/m0/s1. The summed E-state index contributed by atoms with van der Waals surface area (Å²) < 4.78 is 0. The number of allylic oxidation sites excluding steroid dienone is 2. The van der Waals surface area contributed by atoms with Gasteiger partial charge in [-0.05, 0) is 39.0 Å². The molecule has 0 saturated heterocycles. The SMILES string of the molecule is CC(=O)CCCCCC/C=C/CC[C@H](O)C(N)(CO)C(=O)O. The van der Waals surface area contributed by atoms with Gasteiger partial charge >= 0.3 is 5.97 Å². The second kappa shape index (κ2) is 11.3. The van der Waals surface area contributed by atoms with Gasteiger partial charge in [-0.2, -0.15) is 0 Å². The molecule has 6 heteroatoms. The van der Waals surface area contributed by atoms with Crippen LogP contribution >= 0.6 is 0 Å². The largest absolute Gasteiger partial charge is 0.480 e. The van der Waals surface area contributed by atoms with Crippen LogP contribution in [0.2, 0.25) is 0 Å². The quantitative estimate of drug-likeness (QED) is 0.301. The number of aliphatic hydroxyl groups is 2. The van der Waals surface area contributed by atoms with Crippen molar-refractivity contribution in [1.82, 2.24) is 0 Å². The highest BCUT2D eigenvalue weighted by molar-refractivity contribution is 5.79. The molecular weight excluding hydrogens is 286 g/mol. The third-order valence-corrected chi connectivity index (χ3v) is 3.68. The molecule has 5 N–H and O–H groups in total. The number of carboxylic acids is 1. The normalized spacial score (nSPS) is 15.6. The third-order valence-electron chi connectivity index (χ3n) is 3.68. The number of nitrogens with two attached hydrogens (primary N) is 1. The topological polar surface area (TPSA) is 121 Å². The molecule has 6 nitrogen and oxygen atoms in total. The van der Waals surface area contributed by atoms with E-state index in [9.17, 15) is 14.7 Å². The van der Waals surface area contributed by atoms with Crippen LogP contribution in [0.5, 0.6) is 0 Å². The first-order valence-corrected chi connectivity index (χ1v) is 7.80. The summed E-state index contributed by atoms with van der Waals surface area (Å²) in [6.45, 7) is 0.807. The first-order chi connectivity index (χ1) is 10.3. The number of Topliss-reactive ketones (excluding diaryl/α,β-unsaturated/α-hetero) is 1. The zero-order valence-electron chi connectivity index (χ0n) is 13.3. The Kier molecular flexibility index (Phi) is 10.7. The number of aliphatic carboxylic acids is 1. The summed E-state index contributed by atoms with van der Waals surface area (Å²) in [5.74, 6) is -1.17. The fraction of sp³-hybridized carbons (Fsp3) is 0.750. The van der Waals surface area contributed by atoms with Crippen LogP contribution in [0.3, 0.4) is 0 Å². The van der Waals surface area contributed by atoms with Crippen LogP contribution in [0.4, 0.5) is 0 Å². The number of unbranched alkanes of at least 4 members (excludes halogenated alkanes) is 4. The molecule has 0 fully saturated rings. The number of hydrogen-bond acceptors (Lipinski definition) is 5. The van der Waals surface area contributed by atoms with E-state index in [2.05, 4.69) is 0 Å². The first-order valence-electron chi connectivity index (χ1n) is 7.80. The molecule has 0 spiro atoms. The van der Waals surface area contributed by atoms with Gasteiger partial charge in [-0.25, -0.2) is 0 Å². The van der Waals surface area contributed by atoms with Gasteiger partial charge in [-0.1, -0.05) is 25.0 Å². The molecule has 1 unspecified atom stereocenters. The van der Waals surface area contributed by atoms with E-state index < -0.39 is 24.2 Å². The zero-order chi connectivity index (χ0) is 17.0. The number of carboxylic acid groups (broad SMARTS) is 1. The van der Waals surface area contributed by atoms with Gasteiger partial charge in [0.2, 0.25) is 0 Å². The van der Waals surface area contributed by atoms with E-state index in [1.54, 1.807) is 6.92 Å². The van der Waals surface area contributed by atoms with Crippen molar-refractivity contribution in [1.29, 1.82) is 0 Å². The van der Waals surface area contributed by atoms with Crippen LogP contribution in [-0.2, 0) is 9.59 Å². The van der Waals surface area contributed by atoms with E-state index in [-0.39, 0.29) is 12.2 Å². The lowest BCUT2D eigenvalue weighted by atomic mass is 9.91. The molecule has 0 aliphatic heterocycles. The molecule has 0 amide bonds. The molecule has 0 aromatic heterocycles. The smallest absolute Gasteiger partial charge is 0.328 e. The Morgan fingerprint density at radius 1 is 1.14 bits per heavy atom. The van der Waals surface area contributed by atoms with Crippen LogP contribution in [-0.4, -0.2) is 45.3 Å². The van der Waals surface area contributed by atoms with Crippen LogP contribution in [0.1, 0.15) is 58.3 Å². The van der Waals surface area contributed by atoms with Crippen molar-refractivity contribution in [3.63, 3.8) is 0 Å². The molecule has 0 aromatic carbocycles. The maximum atomic E-state index is 10.9. The summed E-state index contributed by atoms with van der Waals surface area (Å²) >= 11 is 0. The highest BCUT2D eigenvalue weighted by atomic mass is 16.4. The molecule has 0 saturated carbocycles. The van der Waals surface area contributed by atoms with Gasteiger partial charge in [0, 0.05) is 6.42 Å². The number of aliphatic hydroxyl groups excluding tert-OH is 2. The lowest BCUT2D eigenvalue weighted by Crippen LogP contribution is -2.60. The summed E-state index contributed by atoms with van der Waals surface area (Å²) in [6.07, 6.45) is 9.00. The Morgan fingerprint density at radius 3 is 2.27 bits per heavy atom. The highest BCUT2D eigenvalue weighted by Crippen LogP contribution is 2.13. The molecule has 0 aliphatic rings. The molecule has 128 valence electrons. The van der Waals surface area contributed by atoms with Gasteiger partial charge in [0.15, 0.2) is 5.54 Å². The summed E-state index contributed by atoms with van der Waals surface area (Å²) in [5.41, 5.74) is 3.47. The monoisotopic (exact) mass is 315 g/mol. The number of ketones is 1. The molecule has 2 atom stereocenters. The van der Waals surface area contributed by atoms with Crippen LogP contribution in [0, 0.1) is 0 Å². The van der Waals surface area contributed by atoms with E-state index in [4.69, 9.17) is 15.9 Å². The minimum Gasteiger partial charge on any atom is -0.480 e. The van der Waals surface area contributed by atoms with Gasteiger partial charge in [-0.15, -0.1) is 0 Å². The summed E-state index contributed by atoms with van der Waals surface area (Å²) in [5, 5.41) is 27.7. The van der Waals surface area contributed by atoms with Crippen LogP contribution in [0.25, 0.3) is 0 Å². The lowest BCUT2D eigenvalue weighted by molar-refractivity contribution is -0.150. The lowest BCUT2D eigenvalue weighted by Gasteiger charge is -2.27. The van der Waals surface area contributed by atoms with E-state index >= 15 is 0 Å². The minimum atomic E-state index is -2.00. The second-order valence-corrected chi connectivity index (χ2v) is 5.72. The van der Waals surface area contributed by atoms with Gasteiger partial charge < -0.3 is 25.8 Å². The maximum Gasteiger partial charge on any atom is 0.328 e. The molecule has 0 aliphatic carbocycles. The first kappa shape index (κ1) is 20.8. The van der Waals surface area contributed by atoms with Crippen molar-refractivity contribution < 1.29 is 24.9 Å². The zero-order valence-corrected chi connectivity index (χ0v) is 13.3. The predicted molar refractivity (Wildman–Crippen MR) is 84.4 cm³/mol. The minimum absolute atomic E-state index is 0.193. The van der Waals surface area contributed by atoms with Crippen molar-refractivity contribution in [2.24, 2.45) is 5.73 Å². The van der Waals surface area contributed by atoms with E-state index in [0.717, 1.165) is 32.1 Å². The Bertz CT molecular complexity index is 370. The fourth-order valence-corrected chi connectivity index (χ4v) is 2.05. The molecule has 22 heavy (non-hydrogen) atoms. The molecule has 0 heterocycles. The number of carbonyl (C=O) groups is 2. The average Bonchev–Trinajstić information content (AvgIpc) is 2.47. The highest BCUT2D eigenvalue weighted by Gasteiger charge is 2.40. The van der Waals surface area contributed by atoms with Crippen LogP contribution < -0.4 is 5.73 Å². The Morgan fingerprint density at radius 2 is 1.73 bits per heavy atom. The summed E-state index contributed by atoms with van der Waals surface area (Å²) in [6, 6.07) is 0. The average molecular weight is 315 g/mol. The number of rotatable bonds is 13. The Balaban J connectivity index is 3.74. The molecule has 0 bridgehead atoms. The van der Waals surface area contributed by atoms with Crippen molar-refractivity contribution in [3.8, 4) is 0 Å². The third kappa shape index (κ3) is 8.26. The molecule has 0 aromatic rings. The fourth-order valence-electron chi connectivity index (χ4n) is 2.05. The summed E-state index contributed by atoms with van der Waals surface area (Å²) in [7, 11) is 0. The second-order valence-electron chi connectivity index (χ2n) is 5.72. The van der Waals surface area contributed by atoms with Crippen molar-refractivity contribution in [2.45, 2.75) is 69.9 Å². The van der Waals surface area contributed by atoms with E-state index in [0.29, 0.717) is 12.8 Å². The van der Waals surface area contributed by atoms with Gasteiger partial charge in [0.05, 0.1) is 12.7 Å². The molecule has 0 rings (SSSR count).